The number of aromatic nitrogens is 2. The summed E-state index contributed by atoms with van der Waals surface area (Å²) in [5.41, 5.74) is 8.31. The third kappa shape index (κ3) is 3.46. The van der Waals surface area contributed by atoms with Crippen molar-refractivity contribution in [1.82, 2.24) is 14.7 Å². The molecule has 2 rings (SSSR count). The van der Waals surface area contributed by atoms with E-state index in [4.69, 9.17) is 5.73 Å². The van der Waals surface area contributed by atoms with Gasteiger partial charge in [-0.15, -0.1) is 0 Å². The van der Waals surface area contributed by atoms with Crippen molar-refractivity contribution in [2.75, 3.05) is 30.7 Å². The molecular weight excluding hydrogens is 278 g/mol. The number of rotatable bonds is 6. The molecule has 6 nitrogen and oxygen atoms in total. The predicted octanol–water partition coefficient (Wildman–Crippen LogP) is 2.04. The lowest BCUT2D eigenvalue weighted by atomic mass is 10.3. The summed E-state index contributed by atoms with van der Waals surface area (Å²) in [4.78, 5) is 14.2. The van der Waals surface area contributed by atoms with Crippen molar-refractivity contribution in [3.05, 3.63) is 36.0 Å². The Morgan fingerprint density at radius 1 is 1.27 bits per heavy atom. The van der Waals surface area contributed by atoms with Crippen LogP contribution in [-0.2, 0) is 4.79 Å². The summed E-state index contributed by atoms with van der Waals surface area (Å²) < 4.78 is 1.64. The average Bonchev–Trinajstić information content (AvgIpc) is 2.81. The summed E-state index contributed by atoms with van der Waals surface area (Å²) in [5, 5.41) is 7.30. The van der Waals surface area contributed by atoms with E-state index in [1.54, 1.807) is 4.68 Å². The highest BCUT2D eigenvalue weighted by Crippen LogP contribution is 2.25. The summed E-state index contributed by atoms with van der Waals surface area (Å²) in [6, 6.07) is 9.62. The third-order valence-electron chi connectivity index (χ3n) is 3.62. The topological polar surface area (TPSA) is 76.2 Å². The zero-order chi connectivity index (χ0) is 16.1. The molecule has 1 heterocycles. The highest BCUT2D eigenvalue weighted by atomic mass is 16.2. The molecule has 1 aromatic heterocycles. The van der Waals surface area contributed by atoms with E-state index in [0.29, 0.717) is 23.7 Å². The quantitative estimate of drug-likeness (QED) is 0.856. The maximum Gasteiger partial charge on any atom is 0.238 e. The smallest absolute Gasteiger partial charge is 0.238 e. The molecule has 0 aliphatic rings. The predicted molar refractivity (Wildman–Crippen MR) is 89.1 cm³/mol. The maximum absolute atomic E-state index is 12.1. The third-order valence-corrected chi connectivity index (χ3v) is 3.62. The molecule has 6 heteroatoms. The molecule has 0 saturated heterocycles. The van der Waals surface area contributed by atoms with Gasteiger partial charge in [0, 0.05) is 0 Å². The average molecular weight is 301 g/mol. The summed E-state index contributed by atoms with van der Waals surface area (Å²) >= 11 is 0. The van der Waals surface area contributed by atoms with Crippen molar-refractivity contribution in [1.29, 1.82) is 0 Å². The van der Waals surface area contributed by atoms with Crippen LogP contribution in [0.5, 0.6) is 0 Å². The molecule has 22 heavy (non-hydrogen) atoms. The Hall–Kier alpha value is -2.34. The van der Waals surface area contributed by atoms with E-state index in [1.807, 2.05) is 56.0 Å². The Kier molecular flexibility index (Phi) is 5.16. The van der Waals surface area contributed by atoms with Crippen molar-refractivity contribution >= 4 is 17.4 Å². The first kappa shape index (κ1) is 16.0. The van der Waals surface area contributed by atoms with Crippen LogP contribution in [-0.4, -0.2) is 40.2 Å². The van der Waals surface area contributed by atoms with Gasteiger partial charge in [-0.25, -0.2) is 4.68 Å². The van der Waals surface area contributed by atoms with Gasteiger partial charge in [-0.3, -0.25) is 9.69 Å². The normalized spacial score (nSPS) is 10.9. The number of nitrogens with two attached hydrogens (primary N) is 1. The monoisotopic (exact) mass is 301 g/mol. The van der Waals surface area contributed by atoms with Crippen LogP contribution in [0.1, 0.15) is 19.5 Å². The van der Waals surface area contributed by atoms with E-state index in [-0.39, 0.29) is 5.91 Å². The van der Waals surface area contributed by atoms with Gasteiger partial charge >= 0.3 is 0 Å². The van der Waals surface area contributed by atoms with Gasteiger partial charge in [0.05, 0.1) is 17.9 Å². The number of para-hydroxylation sites is 1. The number of benzene rings is 1. The Morgan fingerprint density at radius 2 is 1.91 bits per heavy atom. The molecule has 0 unspecified atom stereocenters. The van der Waals surface area contributed by atoms with Gasteiger partial charge in [-0.1, -0.05) is 32.0 Å². The van der Waals surface area contributed by atoms with Crippen LogP contribution in [0.3, 0.4) is 0 Å². The first-order valence-corrected chi connectivity index (χ1v) is 7.49. The molecule has 0 aliphatic carbocycles. The number of carbonyl (C=O) groups excluding carboxylic acids is 1. The number of anilines is 2. The van der Waals surface area contributed by atoms with Gasteiger partial charge in [0.1, 0.15) is 5.69 Å². The number of hydrogen-bond donors (Lipinski definition) is 2. The Balaban J connectivity index is 2.19. The number of amides is 1. The molecule has 0 radical (unpaired) electrons. The molecule has 2 aromatic rings. The second kappa shape index (κ2) is 7.09. The lowest BCUT2D eigenvalue weighted by Crippen LogP contribution is -2.33. The van der Waals surface area contributed by atoms with Crippen LogP contribution in [0.15, 0.2) is 30.3 Å². The van der Waals surface area contributed by atoms with Crippen molar-refractivity contribution in [3.8, 4) is 5.69 Å². The molecule has 118 valence electrons. The molecule has 0 bridgehead atoms. The SMILES string of the molecule is CCN(CC)CC(=O)Nc1c(C)nn(-c2ccccc2)c1N. The van der Waals surface area contributed by atoms with E-state index in [1.165, 1.54) is 0 Å². The van der Waals surface area contributed by atoms with E-state index >= 15 is 0 Å². The zero-order valence-electron chi connectivity index (χ0n) is 13.3. The van der Waals surface area contributed by atoms with E-state index in [0.717, 1.165) is 18.8 Å². The number of hydrogen-bond acceptors (Lipinski definition) is 4. The van der Waals surface area contributed by atoms with Gasteiger partial charge in [0.2, 0.25) is 5.91 Å². The first-order valence-electron chi connectivity index (χ1n) is 7.49. The fraction of sp³-hybridized carbons (Fsp3) is 0.375. The zero-order valence-corrected chi connectivity index (χ0v) is 13.3. The van der Waals surface area contributed by atoms with Gasteiger partial charge in [0.25, 0.3) is 0 Å². The molecular formula is C16H23N5O. The summed E-state index contributed by atoms with van der Waals surface area (Å²) in [6.45, 7) is 7.92. The molecule has 0 atom stereocenters. The number of nitrogens with one attached hydrogen (secondary N) is 1. The highest BCUT2D eigenvalue weighted by molar-refractivity contribution is 5.95. The fourth-order valence-corrected chi connectivity index (χ4v) is 2.29. The minimum Gasteiger partial charge on any atom is -0.382 e. The van der Waals surface area contributed by atoms with Crippen molar-refractivity contribution < 1.29 is 4.79 Å². The van der Waals surface area contributed by atoms with Crippen LogP contribution in [0.2, 0.25) is 0 Å². The van der Waals surface area contributed by atoms with E-state index in [2.05, 4.69) is 10.4 Å². The van der Waals surface area contributed by atoms with Crippen LogP contribution < -0.4 is 11.1 Å². The van der Waals surface area contributed by atoms with E-state index < -0.39 is 0 Å². The lowest BCUT2D eigenvalue weighted by Gasteiger charge is -2.17. The van der Waals surface area contributed by atoms with Crippen molar-refractivity contribution in [2.45, 2.75) is 20.8 Å². The van der Waals surface area contributed by atoms with Crippen LogP contribution >= 0.6 is 0 Å². The number of carbonyl (C=O) groups is 1. The fourth-order valence-electron chi connectivity index (χ4n) is 2.29. The molecule has 1 aromatic carbocycles. The Labute approximate surface area is 130 Å². The summed E-state index contributed by atoms with van der Waals surface area (Å²) in [7, 11) is 0. The number of likely N-dealkylation sites (N-methyl/N-ethyl adjacent to an activating group) is 1. The van der Waals surface area contributed by atoms with E-state index in [9.17, 15) is 4.79 Å². The van der Waals surface area contributed by atoms with Gasteiger partial charge in [-0.2, -0.15) is 5.10 Å². The highest BCUT2D eigenvalue weighted by Gasteiger charge is 2.17. The van der Waals surface area contributed by atoms with Gasteiger partial charge < -0.3 is 11.1 Å². The minimum atomic E-state index is -0.0777. The van der Waals surface area contributed by atoms with Crippen molar-refractivity contribution in [3.63, 3.8) is 0 Å². The summed E-state index contributed by atoms with van der Waals surface area (Å²) in [6.07, 6.45) is 0. The maximum atomic E-state index is 12.1. The van der Waals surface area contributed by atoms with Crippen LogP contribution in [0, 0.1) is 6.92 Å². The van der Waals surface area contributed by atoms with Gasteiger partial charge in [-0.05, 0) is 32.1 Å². The second-order valence-corrected chi connectivity index (χ2v) is 5.10. The number of nitrogen functional groups attached to an aromatic ring is 1. The van der Waals surface area contributed by atoms with Gasteiger partial charge in [0.15, 0.2) is 5.82 Å². The molecule has 0 fully saturated rings. The van der Waals surface area contributed by atoms with Crippen LogP contribution in [0.25, 0.3) is 5.69 Å². The second-order valence-electron chi connectivity index (χ2n) is 5.10. The molecule has 0 aliphatic heterocycles. The van der Waals surface area contributed by atoms with Crippen molar-refractivity contribution in [2.24, 2.45) is 0 Å². The van der Waals surface area contributed by atoms with Crippen LogP contribution in [0.4, 0.5) is 11.5 Å². The Bertz CT molecular complexity index is 631. The standard InChI is InChI=1S/C16H23N5O/c1-4-20(5-2)11-14(22)18-15-12(3)19-21(16(15)17)13-9-7-6-8-10-13/h6-10H,4-5,11,17H2,1-3H3,(H,18,22). The molecule has 1 amide bonds. The minimum absolute atomic E-state index is 0.0777. The molecule has 3 N–H and O–H groups in total. The number of aryl methyl sites for hydroxylation is 1. The largest absolute Gasteiger partial charge is 0.382 e. The molecule has 0 saturated carbocycles. The Morgan fingerprint density at radius 3 is 2.50 bits per heavy atom. The summed E-state index contributed by atoms with van der Waals surface area (Å²) in [5.74, 6) is 0.364. The lowest BCUT2D eigenvalue weighted by molar-refractivity contribution is -0.117. The first-order chi connectivity index (χ1) is 10.6. The molecule has 0 spiro atoms. The number of nitrogens with zero attached hydrogens (tertiary/aromatic N) is 3.